The zero-order chi connectivity index (χ0) is 21.1. The molecule has 9 heteroatoms. The number of rotatable bonds is 9. The van der Waals surface area contributed by atoms with E-state index >= 15 is 0 Å². The van der Waals surface area contributed by atoms with Gasteiger partial charge in [-0.05, 0) is 50.4 Å². The quantitative estimate of drug-likeness (QED) is 0.220. The van der Waals surface area contributed by atoms with Crippen LogP contribution < -0.4 is 21.7 Å². The van der Waals surface area contributed by atoms with Gasteiger partial charge < -0.3 is 26.6 Å². The Morgan fingerprint density at radius 3 is 2.37 bits per heavy atom. The van der Waals surface area contributed by atoms with Gasteiger partial charge in [0.15, 0.2) is 5.96 Å². The monoisotopic (exact) mass is 530 g/mol. The number of carbonyl (C=O) groups is 2. The van der Waals surface area contributed by atoms with E-state index in [1.54, 1.807) is 12.1 Å². The molecule has 0 aliphatic carbocycles. The van der Waals surface area contributed by atoms with Gasteiger partial charge in [0.05, 0.1) is 13.1 Å². The van der Waals surface area contributed by atoms with Crippen LogP contribution in [0.3, 0.4) is 0 Å². The second-order valence-corrected chi connectivity index (χ2v) is 7.30. The maximum atomic E-state index is 11.9. The topological polar surface area (TPSA) is 112 Å². The minimum Gasteiger partial charge on any atom is -0.368 e. The van der Waals surface area contributed by atoms with Crippen molar-refractivity contribution in [2.75, 3.05) is 32.7 Å². The van der Waals surface area contributed by atoms with Crippen molar-refractivity contribution < 1.29 is 9.59 Å². The van der Waals surface area contributed by atoms with Crippen LogP contribution in [0.5, 0.6) is 0 Å². The van der Waals surface area contributed by atoms with E-state index in [0.717, 1.165) is 44.0 Å². The second-order valence-electron chi connectivity index (χ2n) is 7.30. The molecule has 1 saturated heterocycles. The molecule has 0 aromatic heterocycles. The Bertz CT molecular complexity index is 687. The standard InChI is InChI=1S/C21H34N6O2.HI/c1-3-11-27-12-9-18(10-13-27)26-21(23-4-2)25-14-16-5-7-17(8-6-16)20(29)24-15-19(22)28;/h5-8,18H,3-4,9-15H2,1-2H3,(H2,22,28)(H,24,29)(H2,23,25,26);1H. The molecule has 1 aromatic carbocycles. The van der Waals surface area contributed by atoms with Crippen molar-refractivity contribution >= 4 is 41.8 Å². The van der Waals surface area contributed by atoms with Gasteiger partial charge in [-0.25, -0.2) is 4.99 Å². The Kier molecular flexibility index (Phi) is 12.4. The summed E-state index contributed by atoms with van der Waals surface area (Å²) in [5.41, 5.74) is 6.53. The zero-order valence-corrected chi connectivity index (χ0v) is 20.3. The lowest BCUT2D eigenvalue weighted by Crippen LogP contribution is -2.48. The van der Waals surface area contributed by atoms with Gasteiger partial charge in [-0.2, -0.15) is 0 Å². The highest BCUT2D eigenvalue weighted by Crippen LogP contribution is 2.11. The number of piperidine rings is 1. The van der Waals surface area contributed by atoms with Crippen molar-refractivity contribution in [3.8, 4) is 0 Å². The van der Waals surface area contributed by atoms with Gasteiger partial charge in [0.25, 0.3) is 5.91 Å². The highest BCUT2D eigenvalue weighted by Gasteiger charge is 2.19. The average Bonchev–Trinajstić information content (AvgIpc) is 2.72. The Morgan fingerprint density at radius 1 is 1.13 bits per heavy atom. The lowest BCUT2D eigenvalue weighted by molar-refractivity contribution is -0.117. The fraction of sp³-hybridized carbons (Fsp3) is 0.571. The van der Waals surface area contributed by atoms with Crippen molar-refractivity contribution in [3.63, 3.8) is 0 Å². The van der Waals surface area contributed by atoms with Gasteiger partial charge in [0.1, 0.15) is 0 Å². The van der Waals surface area contributed by atoms with Gasteiger partial charge in [-0.15, -0.1) is 24.0 Å². The number of likely N-dealkylation sites (tertiary alicyclic amines) is 1. The molecule has 2 amide bonds. The summed E-state index contributed by atoms with van der Waals surface area (Å²) in [7, 11) is 0. The van der Waals surface area contributed by atoms with Crippen molar-refractivity contribution in [1.29, 1.82) is 0 Å². The van der Waals surface area contributed by atoms with E-state index in [2.05, 4.69) is 39.7 Å². The molecule has 5 N–H and O–H groups in total. The molecule has 0 bridgehead atoms. The number of nitrogens with two attached hydrogens (primary N) is 1. The molecule has 0 spiro atoms. The summed E-state index contributed by atoms with van der Waals surface area (Å²) in [5.74, 6) is -0.0585. The first-order valence-electron chi connectivity index (χ1n) is 10.4. The molecule has 168 valence electrons. The van der Waals surface area contributed by atoms with Crippen LogP contribution >= 0.6 is 24.0 Å². The van der Waals surface area contributed by atoms with E-state index in [0.29, 0.717) is 18.2 Å². The molecule has 8 nitrogen and oxygen atoms in total. The molecule has 1 aromatic rings. The highest BCUT2D eigenvalue weighted by molar-refractivity contribution is 14.0. The van der Waals surface area contributed by atoms with Gasteiger partial charge in [0, 0.05) is 31.2 Å². The van der Waals surface area contributed by atoms with Crippen LogP contribution in [0.25, 0.3) is 0 Å². The van der Waals surface area contributed by atoms with E-state index in [-0.39, 0.29) is 36.4 Å². The van der Waals surface area contributed by atoms with Crippen LogP contribution in [-0.2, 0) is 11.3 Å². The molecular weight excluding hydrogens is 495 g/mol. The molecule has 30 heavy (non-hydrogen) atoms. The number of guanidine groups is 1. The van der Waals surface area contributed by atoms with E-state index in [9.17, 15) is 9.59 Å². The molecule has 1 aliphatic heterocycles. The van der Waals surface area contributed by atoms with E-state index in [4.69, 9.17) is 5.73 Å². The fourth-order valence-electron chi connectivity index (χ4n) is 3.33. The summed E-state index contributed by atoms with van der Waals surface area (Å²) in [6, 6.07) is 7.64. The van der Waals surface area contributed by atoms with Gasteiger partial charge in [-0.1, -0.05) is 19.1 Å². The first-order chi connectivity index (χ1) is 14.0. The van der Waals surface area contributed by atoms with E-state index < -0.39 is 5.91 Å². The van der Waals surface area contributed by atoms with Crippen LogP contribution in [0.2, 0.25) is 0 Å². The third-order valence-electron chi connectivity index (χ3n) is 4.87. The van der Waals surface area contributed by atoms with Crippen LogP contribution in [0.1, 0.15) is 49.0 Å². The first kappa shape index (κ1) is 26.2. The SMILES string of the molecule is CCCN1CCC(NC(=NCc2ccc(C(=O)NCC(N)=O)cc2)NCC)CC1.I. The molecule has 1 heterocycles. The number of hydrogen-bond donors (Lipinski definition) is 4. The molecule has 0 atom stereocenters. The molecule has 1 fully saturated rings. The third-order valence-corrected chi connectivity index (χ3v) is 4.87. The van der Waals surface area contributed by atoms with Crippen LogP contribution in [0.4, 0.5) is 0 Å². The number of aliphatic imine (C=N–C) groups is 1. The zero-order valence-electron chi connectivity index (χ0n) is 17.9. The molecule has 0 saturated carbocycles. The van der Waals surface area contributed by atoms with Crippen LogP contribution in [0, 0.1) is 0 Å². The number of carbonyl (C=O) groups excluding carboxylic acids is 2. The maximum absolute atomic E-state index is 11.9. The third kappa shape index (κ3) is 9.29. The number of hydrogen-bond acceptors (Lipinski definition) is 4. The molecule has 2 rings (SSSR count). The van der Waals surface area contributed by atoms with Crippen LogP contribution in [-0.4, -0.2) is 61.4 Å². The minimum absolute atomic E-state index is 0. The summed E-state index contributed by atoms with van der Waals surface area (Å²) in [6.07, 6.45) is 3.45. The van der Waals surface area contributed by atoms with Gasteiger partial charge >= 0.3 is 0 Å². The number of primary amides is 1. The maximum Gasteiger partial charge on any atom is 0.251 e. The largest absolute Gasteiger partial charge is 0.368 e. The Hall–Kier alpha value is -1.88. The van der Waals surface area contributed by atoms with Gasteiger partial charge in [0.2, 0.25) is 5.91 Å². The number of amides is 2. The summed E-state index contributed by atoms with van der Waals surface area (Å²) in [6.45, 7) is 8.87. The Balaban J connectivity index is 0.00000450. The predicted molar refractivity (Wildman–Crippen MR) is 131 cm³/mol. The highest BCUT2D eigenvalue weighted by atomic mass is 127. The summed E-state index contributed by atoms with van der Waals surface area (Å²) < 4.78 is 0. The van der Waals surface area contributed by atoms with E-state index in [1.807, 2.05) is 12.1 Å². The fourth-order valence-corrected chi connectivity index (χ4v) is 3.33. The molecule has 1 aliphatic rings. The Morgan fingerprint density at radius 2 is 1.80 bits per heavy atom. The lowest BCUT2D eigenvalue weighted by Gasteiger charge is -2.32. The number of nitrogens with one attached hydrogen (secondary N) is 3. The number of nitrogens with zero attached hydrogens (tertiary/aromatic N) is 2. The summed E-state index contributed by atoms with van der Waals surface area (Å²) in [4.78, 5) is 29.9. The smallest absolute Gasteiger partial charge is 0.251 e. The summed E-state index contributed by atoms with van der Waals surface area (Å²) in [5, 5.41) is 9.34. The first-order valence-corrected chi connectivity index (χ1v) is 10.4. The Labute approximate surface area is 196 Å². The van der Waals surface area contributed by atoms with Crippen molar-refractivity contribution in [3.05, 3.63) is 35.4 Å². The minimum atomic E-state index is -0.566. The summed E-state index contributed by atoms with van der Waals surface area (Å²) >= 11 is 0. The lowest BCUT2D eigenvalue weighted by atomic mass is 10.1. The van der Waals surface area contributed by atoms with Gasteiger partial charge in [-0.3, -0.25) is 9.59 Å². The molecule has 0 unspecified atom stereocenters. The predicted octanol–water partition coefficient (Wildman–Crippen LogP) is 1.45. The second kappa shape index (κ2) is 14.2. The number of halogens is 1. The molecular formula is C21H35IN6O2. The van der Waals surface area contributed by atoms with Crippen LogP contribution in [0.15, 0.2) is 29.3 Å². The molecule has 0 radical (unpaired) electrons. The number of benzene rings is 1. The van der Waals surface area contributed by atoms with Crippen molar-refractivity contribution in [1.82, 2.24) is 20.9 Å². The normalized spacial score (nSPS) is 15.2. The van der Waals surface area contributed by atoms with Crippen molar-refractivity contribution in [2.45, 2.75) is 45.7 Å². The average molecular weight is 530 g/mol. The van der Waals surface area contributed by atoms with Crippen molar-refractivity contribution in [2.24, 2.45) is 10.7 Å². The van der Waals surface area contributed by atoms with E-state index in [1.165, 1.54) is 13.0 Å².